The van der Waals surface area contributed by atoms with Crippen molar-refractivity contribution in [1.82, 2.24) is 0 Å². The highest BCUT2D eigenvalue weighted by atomic mass is 16.6. The summed E-state index contributed by atoms with van der Waals surface area (Å²) in [6.07, 6.45) is 8.21. The summed E-state index contributed by atoms with van der Waals surface area (Å²) in [5.41, 5.74) is 2.17. The van der Waals surface area contributed by atoms with Crippen molar-refractivity contribution in [2.75, 3.05) is 13.2 Å². The fraction of sp³-hybridized carbons (Fsp3) is 0.500. The van der Waals surface area contributed by atoms with E-state index in [1.54, 1.807) is 44.2 Å². The number of benzene rings is 1. The molecule has 0 aromatic heterocycles. The van der Waals surface area contributed by atoms with E-state index in [4.69, 9.17) is 9.47 Å². The van der Waals surface area contributed by atoms with E-state index in [1.165, 1.54) is 12.8 Å². The summed E-state index contributed by atoms with van der Waals surface area (Å²) >= 11 is 0. The molecule has 4 nitrogen and oxygen atoms in total. The quantitative estimate of drug-likeness (QED) is 0.248. The molecule has 0 saturated carbocycles. The molecule has 26 heavy (non-hydrogen) atoms. The van der Waals surface area contributed by atoms with Gasteiger partial charge in [-0.1, -0.05) is 50.1 Å². The van der Waals surface area contributed by atoms with Gasteiger partial charge in [0.15, 0.2) is 5.41 Å². The van der Waals surface area contributed by atoms with Crippen LogP contribution in [0.15, 0.2) is 48.2 Å². The SMILES string of the molecule is CCCCCC=C=CCC(C(=O)OCC)(C(=O)OCC)c1ccccc1. The molecule has 4 heteroatoms. The van der Waals surface area contributed by atoms with Gasteiger partial charge in [-0.2, -0.15) is 0 Å². The minimum Gasteiger partial charge on any atom is -0.465 e. The summed E-state index contributed by atoms with van der Waals surface area (Å²) < 4.78 is 10.5. The predicted molar refractivity (Wildman–Crippen MR) is 103 cm³/mol. The molecular formula is C22H30O4. The minimum absolute atomic E-state index is 0.152. The Kier molecular flexibility index (Phi) is 10.1. The number of unbranched alkanes of at least 4 members (excludes halogenated alkanes) is 3. The molecule has 0 fully saturated rings. The third-order valence-electron chi connectivity index (χ3n) is 4.11. The van der Waals surface area contributed by atoms with Gasteiger partial charge in [-0.25, -0.2) is 0 Å². The van der Waals surface area contributed by atoms with Gasteiger partial charge in [0.05, 0.1) is 13.2 Å². The standard InChI is InChI=1S/C22H30O4/c1-4-7-8-9-10-11-15-18-22(20(23)25-5-2,21(24)26-6-3)19-16-13-12-14-17-19/h10,12-17H,4-9,18H2,1-3H3. The van der Waals surface area contributed by atoms with Crippen molar-refractivity contribution in [3.63, 3.8) is 0 Å². The Hall–Kier alpha value is -2.32. The van der Waals surface area contributed by atoms with Crippen LogP contribution in [-0.4, -0.2) is 25.2 Å². The molecule has 1 aromatic rings. The van der Waals surface area contributed by atoms with Gasteiger partial charge in [-0.3, -0.25) is 9.59 Å². The minimum atomic E-state index is -1.50. The first-order valence-corrected chi connectivity index (χ1v) is 9.42. The number of esters is 2. The zero-order chi connectivity index (χ0) is 19.3. The number of allylic oxidation sites excluding steroid dienone is 1. The maximum Gasteiger partial charge on any atom is 0.328 e. The Bertz CT molecular complexity index is 594. The van der Waals surface area contributed by atoms with Crippen LogP contribution in [0, 0.1) is 0 Å². The van der Waals surface area contributed by atoms with Gasteiger partial charge in [0.1, 0.15) is 0 Å². The van der Waals surface area contributed by atoms with Crippen molar-refractivity contribution in [3.05, 3.63) is 53.8 Å². The van der Waals surface area contributed by atoms with E-state index in [0.717, 1.165) is 12.8 Å². The summed E-state index contributed by atoms with van der Waals surface area (Å²) in [5.74, 6) is -1.18. The number of carbonyl (C=O) groups is 2. The summed E-state index contributed by atoms with van der Waals surface area (Å²) in [7, 11) is 0. The molecule has 142 valence electrons. The molecule has 0 unspecified atom stereocenters. The summed E-state index contributed by atoms with van der Waals surface area (Å²) in [4.78, 5) is 25.6. The van der Waals surface area contributed by atoms with Gasteiger partial charge < -0.3 is 9.47 Å². The lowest BCUT2D eigenvalue weighted by Crippen LogP contribution is -2.46. The van der Waals surface area contributed by atoms with Crippen molar-refractivity contribution >= 4 is 11.9 Å². The molecule has 0 radical (unpaired) electrons. The molecule has 0 N–H and O–H groups in total. The second-order valence-corrected chi connectivity index (χ2v) is 5.99. The normalized spacial score (nSPS) is 10.6. The first kappa shape index (κ1) is 21.7. The fourth-order valence-corrected chi connectivity index (χ4v) is 2.71. The van der Waals surface area contributed by atoms with Crippen LogP contribution in [0.1, 0.15) is 58.4 Å². The molecule has 0 bridgehead atoms. The Morgan fingerprint density at radius 3 is 2.12 bits per heavy atom. The molecular weight excluding hydrogens is 328 g/mol. The number of ether oxygens (including phenoxy) is 2. The average Bonchev–Trinajstić information content (AvgIpc) is 2.65. The first-order valence-electron chi connectivity index (χ1n) is 9.42. The second kappa shape index (κ2) is 12.1. The van der Waals surface area contributed by atoms with E-state index < -0.39 is 17.4 Å². The zero-order valence-electron chi connectivity index (χ0n) is 16.1. The molecule has 0 spiro atoms. The van der Waals surface area contributed by atoms with Crippen LogP contribution in [0.25, 0.3) is 0 Å². The van der Waals surface area contributed by atoms with Crippen molar-refractivity contribution in [3.8, 4) is 0 Å². The smallest absolute Gasteiger partial charge is 0.328 e. The molecule has 0 aliphatic heterocycles. The number of rotatable bonds is 11. The third-order valence-corrected chi connectivity index (χ3v) is 4.11. The molecule has 0 atom stereocenters. The van der Waals surface area contributed by atoms with Gasteiger partial charge in [-0.05, 0) is 44.4 Å². The highest BCUT2D eigenvalue weighted by molar-refractivity contribution is 6.06. The second-order valence-electron chi connectivity index (χ2n) is 5.99. The molecule has 0 amide bonds. The summed E-state index contributed by atoms with van der Waals surface area (Å²) in [5, 5.41) is 0. The highest BCUT2D eigenvalue weighted by Crippen LogP contribution is 2.32. The van der Waals surface area contributed by atoms with Crippen molar-refractivity contribution in [1.29, 1.82) is 0 Å². The van der Waals surface area contributed by atoms with Gasteiger partial charge in [0.2, 0.25) is 0 Å². The van der Waals surface area contributed by atoms with Gasteiger partial charge in [0, 0.05) is 6.42 Å². The molecule has 0 aliphatic carbocycles. The Morgan fingerprint density at radius 1 is 0.962 bits per heavy atom. The van der Waals surface area contributed by atoms with E-state index in [1.807, 2.05) is 12.1 Å². The van der Waals surface area contributed by atoms with Crippen molar-refractivity contribution in [2.24, 2.45) is 0 Å². The maximum absolute atomic E-state index is 12.8. The van der Waals surface area contributed by atoms with Crippen molar-refractivity contribution in [2.45, 2.75) is 58.3 Å². The van der Waals surface area contributed by atoms with E-state index in [0.29, 0.717) is 5.56 Å². The molecule has 0 heterocycles. The number of carbonyl (C=O) groups excluding carboxylic acids is 2. The molecule has 1 aromatic carbocycles. The fourth-order valence-electron chi connectivity index (χ4n) is 2.71. The summed E-state index contributed by atoms with van der Waals surface area (Å²) in [6, 6.07) is 8.95. The summed E-state index contributed by atoms with van der Waals surface area (Å²) in [6.45, 7) is 6.00. The van der Waals surface area contributed by atoms with E-state index in [2.05, 4.69) is 12.7 Å². The Morgan fingerprint density at radius 2 is 1.58 bits per heavy atom. The van der Waals surface area contributed by atoms with Crippen molar-refractivity contribution < 1.29 is 19.1 Å². The third kappa shape index (κ3) is 5.89. The van der Waals surface area contributed by atoms with Crippen LogP contribution in [0.4, 0.5) is 0 Å². The van der Waals surface area contributed by atoms with Crippen LogP contribution < -0.4 is 0 Å². The highest BCUT2D eigenvalue weighted by Gasteiger charge is 2.49. The zero-order valence-corrected chi connectivity index (χ0v) is 16.1. The van der Waals surface area contributed by atoms with Crippen LogP contribution in [0.2, 0.25) is 0 Å². The maximum atomic E-state index is 12.8. The number of hydrogen-bond donors (Lipinski definition) is 0. The van der Waals surface area contributed by atoms with Gasteiger partial charge in [0.25, 0.3) is 0 Å². The average molecular weight is 358 g/mol. The lowest BCUT2D eigenvalue weighted by molar-refractivity contribution is -0.164. The Labute approximate surface area is 156 Å². The van der Waals surface area contributed by atoms with Crippen LogP contribution in [0.3, 0.4) is 0 Å². The van der Waals surface area contributed by atoms with E-state index >= 15 is 0 Å². The topological polar surface area (TPSA) is 52.6 Å². The van der Waals surface area contributed by atoms with Gasteiger partial charge in [-0.15, -0.1) is 5.73 Å². The van der Waals surface area contributed by atoms with Crippen LogP contribution in [0.5, 0.6) is 0 Å². The number of hydrogen-bond acceptors (Lipinski definition) is 4. The lowest BCUT2D eigenvalue weighted by Gasteiger charge is -2.28. The lowest BCUT2D eigenvalue weighted by atomic mass is 9.77. The molecule has 0 aliphatic rings. The largest absolute Gasteiger partial charge is 0.465 e. The Balaban J connectivity index is 3.18. The van der Waals surface area contributed by atoms with E-state index in [-0.39, 0.29) is 19.6 Å². The monoisotopic (exact) mass is 358 g/mol. The molecule has 1 rings (SSSR count). The molecule has 0 saturated heterocycles. The van der Waals surface area contributed by atoms with Gasteiger partial charge >= 0.3 is 11.9 Å². The predicted octanol–water partition coefficient (Wildman–Crippen LogP) is 4.73. The first-order chi connectivity index (χ1) is 12.6. The van der Waals surface area contributed by atoms with Crippen LogP contribution in [-0.2, 0) is 24.5 Å². The van der Waals surface area contributed by atoms with Crippen LogP contribution >= 0.6 is 0 Å². The van der Waals surface area contributed by atoms with E-state index in [9.17, 15) is 9.59 Å².